The Balaban J connectivity index is 1.86. The third-order valence-electron chi connectivity index (χ3n) is 4.67. The lowest BCUT2D eigenvalue weighted by molar-refractivity contribution is -0.136. The van der Waals surface area contributed by atoms with Gasteiger partial charge >= 0.3 is 0 Å². The number of likely N-dealkylation sites (tertiary alicyclic amines) is 1. The molecule has 0 spiro atoms. The number of hydrogen-bond acceptors (Lipinski definition) is 4. The highest BCUT2D eigenvalue weighted by Gasteiger charge is 2.28. The summed E-state index contributed by atoms with van der Waals surface area (Å²) in [5, 5.41) is 17.8. The Morgan fingerprint density at radius 3 is 2.58 bits per heavy atom. The minimum Gasteiger partial charge on any atom is -0.341 e. The minimum absolute atomic E-state index is 0.00270. The molecule has 0 N–H and O–H groups in total. The Morgan fingerprint density at radius 2 is 1.96 bits per heavy atom. The predicted molar refractivity (Wildman–Crippen MR) is 89.9 cm³/mol. The van der Waals surface area contributed by atoms with Gasteiger partial charge in [0.1, 0.15) is 17.8 Å². The molecule has 3 rings (SSSR count). The van der Waals surface area contributed by atoms with Crippen LogP contribution in [0.4, 0.5) is 0 Å². The van der Waals surface area contributed by atoms with Crippen molar-refractivity contribution in [2.24, 2.45) is 5.92 Å². The summed E-state index contributed by atoms with van der Waals surface area (Å²) >= 11 is 0. The third kappa shape index (κ3) is 3.02. The zero-order chi connectivity index (χ0) is 17.1. The fourth-order valence-corrected chi connectivity index (χ4v) is 3.06. The molecule has 1 saturated heterocycles. The van der Waals surface area contributed by atoms with Gasteiger partial charge in [0.15, 0.2) is 5.69 Å². The molecule has 2 aromatic rings. The van der Waals surface area contributed by atoms with Gasteiger partial charge in [-0.05, 0) is 25.7 Å². The molecule has 1 amide bonds. The average molecular weight is 323 g/mol. The second kappa shape index (κ2) is 6.83. The molecule has 0 radical (unpaired) electrons. The van der Waals surface area contributed by atoms with E-state index in [-0.39, 0.29) is 5.91 Å². The van der Waals surface area contributed by atoms with Crippen LogP contribution < -0.4 is 0 Å². The second-order valence-corrected chi connectivity index (χ2v) is 6.39. The molecule has 2 heterocycles. The van der Waals surface area contributed by atoms with Gasteiger partial charge in [0, 0.05) is 18.7 Å². The van der Waals surface area contributed by atoms with E-state index in [1.807, 2.05) is 35.2 Å². The number of rotatable bonds is 3. The van der Waals surface area contributed by atoms with Gasteiger partial charge in [-0.3, -0.25) is 4.79 Å². The summed E-state index contributed by atoms with van der Waals surface area (Å²) in [7, 11) is 0. The highest BCUT2D eigenvalue weighted by molar-refractivity contribution is 5.80. The Bertz CT molecular complexity index is 753. The lowest BCUT2D eigenvalue weighted by Gasteiger charge is -2.32. The molecule has 1 aromatic heterocycles. The minimum atomic E-state index is -0.530. The van der Waals surface area contributed by atoms with Gasteiger partial charge in [-0.2, -0.15) is 5.26 Å². The van der Waals surface area contributed by atoms with Gasteiger partial charge in [0.05, 0.1) is 0 Å². The van der Waals surface area contributed by atoms with Crippen LogP contribution in [-0.2, 0) is 4.79 Å². The van der Waals surface area contributed by atoms with E-state index < -0.39 is 6.04 Å². The summed E-state index contributed by atoms with van der Waals surface area (Å²) in [5.74, 6) is 0.665. The second-order valence-electron chi connectivity index (χ2n) is 6.39. The molecule has 124 valence electrons. The Kier molecular flexibility index (Phi) is 4.61. The van der Waals surface area contributed by atoms with Crippen LogP contribution in [0.3, 0.4) is 0 Å². The van der Waals surface area contributed by atoms with Crippen molar-refractivity contribution in [3.63, 3.8) is 0 Å². The largest absolute Gasteiger partial charge is 0.341 e. The maximum absolute atomic E-state index is 12.7. The standard InChI is InChI=1S/C18H21N5O/c1-13-8-10-22(11-9-13)18(24)14(2)23-16(12-19)17(20-21-23)15-6-4-3-5-7-15/h3-7,13-14H,8-11H2,1-2H3. The van der Waals surface area contributed by atoms with Crippen LogP contribution in [0.2, 0.25) is 0 Å². The summed E-state index contributed by atoms with van der Waals surface area (Å²) in [6.45, 7) is 5.53. The first kappa shape index (κ1) is 16.2. The zero-order valence-electron chi connectivity index (χ0n) is 14.0. The van der Waals surface area contributed by atoms with E-state index in [2.05, 4.69) is 23.3 Å². The highest BCUT2D eigenvalue weighted by Crippen LogP contribution is 2.24. The highest BCUT2D eigenvalue weighted by atomic mass is 16.2. The number of nitrogens with zero attached hydrogens (tertiary/aromatic N) is 5. The van der Waals surface area contributed by atoms with Crippen molar-refractivity contribution in [2.75, 3.05) is 13.1 Å². The maximum Gasteiger partial charge on any atom is 0.247 e. The van der Waals surface area contributed by atoms with Crippen molar-refractivity contribution in [2.45, 2.75) is 32.7 Å². The molecule has 1 fully saturated rings. The van der Waals surface area contributed by atoms with Crippen LogP contribution >= 0.6 is 0 Å². The molecule has 1 unspecified atom stereocenters. The van der Waals surface area contributed by atoms with E-state index in [1.165, 1.54) is 4.68 Å². The Hall–Kier alpha value is -2.68. The van der Waals surface area contributed by atoms with Gasteiger partial charge < -0.3 is 4.90 Å². The summed E-state index contributed by atoms with van der Waals surface area (Å²) < 4.78 is 1.45. The van der Waals surface area contributed by atoms with E-state index in [0.29, 0.717) is 17.3 Å². The van der Waals surface area contributed by atoms with Gasteiger partial charge in [0.25, 0.3) is 0 Å². The SMILES string of the molecule is CC1CCN(C(=O)C(C)n2nnc(-c3ccccc3)c2C#N)CC1. The van der Waals surface area contributed by atoms with Crippen molar-refractivity contribution in [1.82, 2.24) is 19.9 Å². The van der Waals surface area contributed by atoms with Crippen molar-refractivity contribution in [1.29, 1.82) is 5.26 Å². The number of carbonyl (C=O) groups is 1. The van der Waals surface area contributed by atoms with E-state index in [4.69, 9.17) is 0 Å². The number of benzene rings is 1. The van der Waals surface area contributed by atoms with Crippen LogP contribution in [0.15, 0.2) is 30.3 Å². The molecule has 0 saturated carbocycles. The number of piperidine rings is 1. The molecule has 0 bridgehead atoms. The van der Waals surface area contributed by atoms with E-state index in [0.717, 1.165) is 31.5 Å². The topological polar surface area (TPSA) is 74.8 Å². The van der Waals surface area contributed by atoms with Crippen LogP contribution in [0.5, 0.6) is 0 Å². The van der Waals surface area contributed by atoms with Gasteiger partial charge in [0.2, 0.25) is 5.91 Å². The Morgan fingerprint density at radius 1 is 1.29 bits per heavy atom. The monoisotopic (exact) mass is 323 g/mol. The van der Waals surface area contributed by atoms with E-state index in [9.17, 15) is 10.1 Å². The molecule has 6 nitrogen and oxygen atoms in total. The normalized spacial score (nSPS) is 16.6. The number of amides is 1. The quantitative estimate of drug-likeness (QED) is 0.870. The molecule has 1 aliphatic heterocycles. The van der Waals surface area contributed by atoms with E-state index in [1.54, 1.807) is 6.92 Å². The molecule has 6 heteroatoms. The van der Waals surface area contributed by atoms with Crippen LogP contribution in [0, 0.1) is 17.2 Å². The molecule has 1 aromatic carbocycles. The lowest BCUT2D eigenvalue weighted by Crippen LogP contribution is -2.41. The molecular formula is C18H21N5O. The molecule has 1 atom stereocenters. The lowest BCUT2D eigenvalue weighted by atomic mass is 9.99. The van der Waals surface area contributed by atoms with E-state index >= 15 is 0 Å². The van der Waals surface area contributed by atoms with Crippen molar-refractivity contribution in [3.05, 3.63) is 36.0 Å². The molecular weight excluding hydrogens is 302 g/mol. The van der Waals surface area contributed by atoms with Crippen LogP contribution in [-0.4, -0.2) is 38.9 Å². The Labute approximate surface area is 141 Å². The summed E-state index contributed by atoms with van der Waals surface area (Å²) in [4.78, 5) is 14.6. The number of aromatic nitrogens is 3. The average Bonchev–Trinajstić information content (AvgIpc) is 3.06. The first-order valence-electron chi connectivity index (χ1n) is 8.31. The maximum atomic E-state index is 12.7. The van der Waals surface area contributed by atoms with Gasteiger partial charge in [-0.15, -0.1) is 5.10 Å². The summed E-state index contributed by atoms with van der Waals surface area (Å²) in [6.07, 6.45) is 2.05. The molecule has 1 aliphatic rings. The summed E-state index contributed by atoms with van der Waals surface area (Å²) in [6, 6.07) is 11.1. The van der Waals surface area contributed by atoms with Crippen molar-refractivity contribution >= 4 is 5.91 Å². The molecule has 0 aliphatic carbocycles. The van der Waals surface area contributed by atoms with Crippen molar-refractivity contribution in [3.8, 4) is 17.3 Å². The predicted octanol–water partition coefficient (Wildman–Crippen LogP) is 2.64. The third-order valence-corrected chi connectivity index (χ3v) is 4.67. The van der Waals surface area contributed by atoms with Crippen LogP contribution in [0.25, 0.3) is 11.3 Å². The number of hydrogen-bond donors (Lipinski definition) is 0. The zero-order valence-corrected chi connectivity index (χ0v) is 14.0. The van der Waals surface area contributed by atoms with Gasteiger partial charge in [-0.25, -0.2) is 4.68 Å². The molecule has 24 heavy (non-hydrogen) atoms. The number of nitriles is 1. The number of carbonyl (C=O) groups excluding carboxylic acids is 1. The first-order valence-corrected chi connectivity index (χ1v) is 8.31. The smallest absolute Gasteiger partial charge is 0.247 e. The summed E-state index contributed by atoms with van der Waals surface area (Å²) in [5.41, 5.74) is 1.67. The van der Waals surface area contributed by atoms with Crippen molar-refractivity contribution < 1.29 is 4.79 Å². The fraction of sp³-hybridized carbons (Fsp3) is 0.444. The van der Waals surface area contributed by atoms with Crippen LogP contribution in [0.1, 0.15) is 38.4 Å². The fourth-order valence-electron chi connectivity index (χ4n) is 3.06. The van der Waals surface area contributed by atoms with Gasteiger partial charge in [-0.1, -0.05) is 42.5 Å². The first-order chi connectivity index (χ1) is 11.6.